The van der Waals surface area contributed by atoms with E-state index >= 15 is 0 Å². The van der Waals surface area contributed by atoms with E-state index in [-0.39, 0.29) is 0 Å². The monoisotopic (exact) mass is 321 g/mol. The lowest BCUT2D eigenvalue weighted by molar-refractivity contribution is 0.174. The molecule has 0 aliphatic carbocycles. The van der Waals surface area contributed by atoms with Gasteiger partial charge in [-0.15, -0.1) is 0 Å². The van der Waals surface area contributed by atoms with Crippen molar-refractivity contribution in [1.82, 2.24) is 15.1 Å². The summed E-state index contributed by atoms with van der Waals surface area (Å²) < 4.78 is 5.29. The number of unbranched alkanes of at least 4 members (excludes halogenated alkanes) is 1. The van der Waals surface area contributed by atoms with Crippen molar-refractivity contribution in [3.63, 3.8) is 0 Å². The van der Waals surface area contributed by atoms with Crippen LogP contribution in [-0.4, -0.2) is 54.7 Å². The largest absolute Gasteiger partial charge is 0.497 e. The molecule has 4 nitrogen and oxygen atoms in total. The molecule has 0 amide bonds. The molecule has 1 N–H and O–H groups in total. The Balaban J connectivity index is 1.75. The highest BCUT2D eigenvalue weighted by Gasteiger charge is 2.18. The highest BCUT2D eigenvalue weighted by Crippen LogP contribution is 2.15. The standard InChI is InChI=1S/C17H27N3OS/c1-3-4-8-18-17(22)20-11-9-19(10-12-20)14-15-6-5-7-16(13-15)21-2/h5-7,13H,3-4,8-12,14H2,1-2H3,(H,18,22). The summed E-state index contributed by atoms with van der Waals surface area (Å²) in [5, 5.41) is 4.27. The lowest BCUT2D eigenvalue weighted by Gasteiger charge is -2.36. The molecule has 1 saturated heterocycles. The number of benzene rings is 1. The molecule has 1 heterocycles. The fourth-order valence-corrected chi connectivity index (χ4v) is 2.91. The van der Waals surface area contributed by atoms with E-state index in [4.69, 9.17) is 17.0 Å². The van der Waals surface area contributed by atoms with Crippen LogP contribution in [0, 0.1) is 0 Å². The minimum Gasteiger partial charge on any atom is -0.497 e. The van der Waals surface area contributed by atoms with Gasteiger partial charge in [-0.25, -0.2) is 0 Å². The summed E-state index contributed by atoms with van der Waals surface area (Å²) in [5.74, 6) is 0.928. The van der Waals surface area contributed by atoms with Crippen molar-refractivity contribution in [3.8, 4) is 5.75 Å². The number of nitrogens with zero attached hydrogens (tertiary/aromatic N) is 2. The normalized spacial score (nSPS) is 15.6. The molecule has 2 rings (SSSR count). The number of hydrogen-bond donors (Lipinski definition) is 1. The van der Waals surface area contributed by atoms with Crippen molar-refractivity contribution < 1.29 is 4.74 Å². The molecule has 0 atom stereocenters. The third-order valence-corrected chi connectivity index (χ3v) is 4.41. The van der Waals surface area contributed by atoms with Crippen molar-refractivity contribution in [2.45, 2.75) is 26.3 Å². The zero-order valence-corrected chi connectivity index (χ0v) is 14.5. The van der Waals surface area contributed by atoms with Gasteiger partial charge in [0.2, 0.25) is 0 Å². The number of methoxy groups -OCH3 is 1. The molecule has 0 aromatic heterocycles. The fourth-order valence-electron chi connectivity index (χ4n) is 2.62. The molecule has 1 aliphatic heterocycles. The lowest BCUT2D eigenvalue weighted by atomic mass is 10.2. The highest BCUT2D eigenvalue weighted by molar-refractivity contribution is 7.80. The first-order chi connectivity index (χ1) is 10.7. The van der Waals surface area contributed by atoms with Gasteiger partial charge in [-0.2, -0.15) is 0 Å². The molecule has 5 heteroatoms. The average Bonchev–Trinajstić information content (AvgIpc) is 2.56. The van der Waals surface area contributed by atoms with Gasteiger partial charge in [0.05, 0.1) is 7.11 Å². The number of ether oxygens (including phenoxy) is 1. The molecular formula is C17H27N3OS. The number of piperazine rings is 1. The van der Waals surface area contributed by atoms with E-state index in [2.05, 4.69) is 40.2 Å². The second-order valence-electron chi connectivity index (χ2n) is 5.70. The van der Waals surface area contributed by atoms with Crippen LogP contribution in [0.1, 0.15) is 25.3 Å². The van der Waals surface area contributed by atoms with Gasteiger partial charge in [0.15, 0.2) is 5.11 Å². The van der Waals surface area contributed by atoms with Crippen LogP contribution in [0.4, 0.5) is 0 Å². The number of nitrogens with one attached hydrogen (secondary N) is 1. The topological polar surface area (TPSA) is 27.7 Å². The molecule has 0 saturated carbocycles. The number of rotatable bonds is 6. The maximum absolute atomic E-state index is 5.47. The smallest absolute Gasteiger partial charge is 0.169 e. The number of thiocarbonyl (C=S) groups is 1. The van der Waals surface area contributed by atoms with Crippen molar-refractivity contribution in [2.75, 3.05) is 39.8 Å². The fraction of sp³-hybridized carbons (Fsp3) is 0.588. The van der Waals surface area contributed by atoms with Crippen molar-refractivity contribution in [1.29, 1.82) is 0 Å². The molecule has 1 aromatic carbocycles. The second-order valence-corrected chi connectivity index (χ2v) is 6.09. The van der Waals surface area contributed by atoms with Gasteiger partial charge >= 0.3 is 0 Å². The Labute approximate surface area is 139 Å². The van der Waals surface area contributed by atoms with Crippen LogP contribution in [0.3, 0.4) is 0 Å². The van der Waals surface area contributed by atoms with Gasteiger partial charge in [-0.3, -0.25) is 4.90 Å². The zero-order valence-electron chi connectivity index (χ0n) is 13.7. The summed E-state index contributed by atoms with van der Waals surface area (Å²) in [6, 6.07) is 8.31. The van der Waals surface area contributed by atoms with E-state index in [0.717, 1.165) is 50.1 Å². The zero-order chi connectivity index (χ0) is 15.8. The Hall–Kier alpha value is -1.33. The maximum atomic E-state index is 5.47. The molecule has 122 valence electrons. The second kappa shape index (κ2) is 8.96. The van der Waals surface area contributed by atoms with E-state index in [1.807, 2.05) is 6.07 Å². The SMILES string of the molecule is CCCCNC(=S)N1CCN(Cc2cccc(OC)c2)CC1. The average molecular weight is 321 g/mol. The Morgan fingerprint density at radius 1 is 1.27 bits per heavy atom. The molecule has 1 aliphatic rings. The van der Waals surface area contributed by atoms with Crippen LogP contribution in [0.15, 0.2) is 24.3 Å². The van der Waals surface area contributed by atoms with Crippen LogP contribution in [0.2, 0.25) is 0 Å². The highest BCUT2D eigenvalue weighted by atomic mass is 32.1. The minimum atomic E-state index is 0.912. The van der Waals surface area contributed by atoms with Crippen LogP contribution in [0.25, 0.3) is 0 Å². The number of hydrogen-bond acceptors (Lipinski definition) is 3. The first-order valence-electron chi connectivity index (χ1n) is 8.11. The summed E-state index contributed by atoms with van der Waals surface area (Å²) in [7, 11) is 1.71. The Kier molecular flexibility index (Phi) is 6.93. The van der Waals surface area contributed by atoms with Gasteiger partial charge in [0.25, 0.3) is 0 Å². The van der Waals surface area contributed by atoms with E-state index in [0.29, 0.717) is 0 Å². The molecular weight excluding hydrogens is 294 g/mol. The molecule has 0 unspecified atom stereocenters. The summed E-state index contributed by atoms with van der Waals surface area (Å²) in [5.41, 5.74) is 1.30. The van der Waals surface area contributed by atoms with Crippen LogP contribution < -0.4 is 10.1 Å². The van der Waals surface area contributed by atoms with Crippen molar-refractivity contribution in [2.24, 2.45) is 0 Å². The van der Waals surface area contributed by atoms with Crippen LogP contribution >= 0.6 is 12.2 Å². The predicted molar refractivity (Wildman–Crippen MR) is 95.4 cm³/mol. The first kappa shape index (κ1) is 17.0. The van der Waals surface area contributed by atoms with Gasteiger partial charge in [-0.05, 0) is 36.3 Å². The van der Waals surface area contributed by atoms with E-state index < -0.39 is 0 Å². The van der Waals surface area contributed by atoms with Crippen LogP contribution in [0.5, 0.6) is 5.75 Å². The van der Waals surface area contributed by atoms with E-state index in [1.54, 1.807) is 7.11 Å². The Morgan fingerprint density at radius 2 is 2.05 bits per heavy atom. The molecule has 0 radical (unpaired) electrons. The van der Waals surface area contributed by atoms with E-state index in [9.17, 15) is 0 Å². The Morgan fingerprint density at radius 3 is 2.73 bits per heavy atom. The summed E-state index contributed by atoms with van der Waals surface area (Å²) in [4.78, 5) is 4.76. The van der Waals surface area contributed by atoms with Crippen molar-refractivity contribution in [3.05, 3.63) is 29.8 Å². The third kappa shape index (κ3) is 5.14. The van der Waals surface area contributed by atoms with Gasteiger partial charge in [-0.1, -0.05) is 25.5 Å². The van der Waals surface area contributed by atoms with Crippen molar-refractivity contribution >= 4 is 17.3 Å². The summed E-state index contributed by atoms with van der Waals surface area (Å²) in [6.45, 7) is 8.26. The molecule has 22 heavy (non-hydrogen) atoms. The van der Waals surface area contributed by atoms with E-state index in [1.165, 1.54) is 18.4 Å². The van der Waals surface area contributed by atoms with Gasteiger partial charge in [0, 0.05) is 39.3 Å². The quantitative estimate of drug-likeness (QED) is 0.642. The van der Waals surface area contributed by atoms with Gasteiger partial charge < -0.3 is 15.0 Å². The maximum Gasteiger partial charge on any atom is 0.169 e. The molecule has 0 spiro atoms. The van der Waals surface area contributed by atoms with Gasteiger partial charge in [0.1, 0.15) is 5.75 Å². The first-order valence-corrected chi connectivity index (χ1v) is 8.52. The summed E-state index contributed by atoms with van der Waals surface area (Å²) in [6.07, 6.45) is 2.37. The molecule has 0 bridgehead atoms. The Bertz CT molecular complexity index is 473. The minimum absolute atomic E-state index is 0.912. The lowest BCUT2D eigenvalue weighted by Crippen LogP contribution is -2.51. The summed E-state index contributed by atoms with van der Waals surface area (Å²) >= 11 is 5.47. The third-order valence-electron chi connectivity index (χ3n) is 4.01. The molecule has 1 fully saturated rings. The molecule has 1 aromatic rings. The van der Waals surface area contributed by atoms with Crippen LogP contribution in [-0.2, 0) is 6.54 Å². The predicted octanol–water partition coefficient (Wildman–Crippen LogP) is 2.49.